The first-order valence-corrected chi connectivity index (χ1v) is 21.4. The molecule has 10 unspecified atom stereocenters. The monoisotopic (exact) mass is 961 g/mol. The molecule has 0 spiro atoms. The summed E-state index contributed by atoms with van der Waals surface area (Å²) in [4.78, 5) is 49.5. The molecule has 1 amide bonds. The molecule has 0 aromatic rings. The van der Waals surface area contributed by atoms with Gasteiger partial charge in [0, 0.05) is 27.4 Å². The molecule has 27 nitrogen and oxygen atoms in total. The third-order valence-corrected chi connectivity index (χ3v) is 11.6. The number of amides is 1. The molecular formula is C39H63NO26. The molecule has 11 N–H and O–H groups in total. The topological polar surface area (TPSA) is 393 Å². The standard InChI is InChI=1S/C39H63NO26/c1-8-9-55-38-33(29(60-16(7)44)21(47)13(4)57-38)66-35-18(40-14(5)42)27(22(48)17(10-41)61-35)62-36-25(51)24(50)30(32(65-36)34(53)54)63-39-31(23(49)19(45)11(2)58-39)64-37-26(52)28(59-15(6)43)20(46)12(3)56-37/h11-13,17-33,35-39,41,45-52H,8-10H2,1-7H3,(H,40,42)(H,53,54)/t11-,12-,13?,17?,18-,19-,20-,21-,22-,23?,24?,25-,26?,27?,28?,29?,30+,31?,32?,33-,35-,36+,37-,38+,39-/m0/s1. The lowest BCUT2D eigenvalue weighted by Crippen LogP contribution is -2.70. The summed E-state index contributed by atoms with van der Waals surface area (Å²) in [5.74, 6) is -4.33. The zero-order valence-corrected chi connectivity index (χ0v) is 37.1. The Morgan fingerprint density at radius 2 is 1.02 bits per heavy atom. The van der Waals surface area contributed by atoms with Gasteiger partial charge in [-0.2, -0.15) is 0 Å². The minimum atomic E-state index is -2.30. The van der Waals surface area contributed by atoms with Crippen LogP contribution in [0.4, 0.5) is 0 Å². The Morgan fingerprint density at radius 3 is 1.59 bits per heavy atom. The number of carboxylic acids is 1. The molecule has 380 valence electrons. The van der Waals surface area contributed by atoms with Crippen molar-refractivity contribution in [3.63, 3.8) is 0 Å². The maximum Gasteiger partial charge on any atom is 0.335 e. The van der Waals surface area contributed by atoms with E-state index in [9.17, 15) is 70.2 Å². The van der Waals surface area contributed by atoms with Crippen molar-refractivity contribution in [1.29, 1.82) is 0 Å². The van der Waals surface area contributed by atoms with Crippen LogP contribution in [0, 0.1) is 0 Å². The zero-order valence-electron chi connectivity index (χ0n) is 37.1. The van der Waals surface area contributed by atoms with Crippen molar-refractivity contribution in [2.75, 3.05) is 13.2 Å². The van der Waals surface area contributed by atoms with Crippen LogP contribution < -0.4 is 5.32 Å². The molecule has 5 saturated heterocycles. The van der Waals surface area contributed by atoms with Crippen LogP contribution in [-0.2, 0) is 76.0 Å². The quantitative estimate of drug-likeness (QED) is 0.0642. The summed E-state index contributed by atoms with van der Waals surface area (Å²) in [6, 6.07) is -1.66. The van der Waals surface area contributed by atoms with E-state index < -0.39 is 184 Å². The highest BCUT2D eigenvalue weighted by atomic mass is 16.8. The smallest absolute Gasteiger partial charge is 0.335 e. The maximum atomic E-state index is 12.8. The van der Waals surface area contributed by atoms with Gasteiger partial charge in [-0.1, -0.05) is 6.92 Å². The molecule has 0 saturated carbocycles. The Balaban J connectivity index is 1.41. The molecule has 5 heterocycles. The van der Waals surface area contributed by atoms with E-state index in [-0.39, 0.29) is 6.61 Å². The van der Waals surface area contributed by atoms with Crippen molar-refractivity contribution >= 4 is 23.8 Å². The second-order valence-corrected chi connectivity index (χ2v) is 16.7. The highest BCUT2D eigenvalue weighted by Gasteiger charge is 2.58. The van der Waals surface area contributed by atoms with Gasteiger partial charge in [0.05, 0.1) is 24.9 Å². The highest BCUT2D eigenvalue weighted by Crippen LogP contribution is 2.37. The fraction of sp³-hybridized carbons (Fsp3) is 0.897. The van der Waals surface area contributed by atoms with Gasteiger partial charge in [-0.3, -0.25) is 14.4 Å². The van der Waals surface area contributed by atoms with E-state index in [1.807, 2.05) is 0 Å². The molecule has 5 aliphatic rings. The molecule has 0 aromatic heterocycles. The molecule has 25 atom stereocenters. The normalized spacial score (nSPS) is 46.5. The van der Waals surface area contributed by atoms with E-state index >= 15 is 0 Å². The molecular weight excluding hydrogens is 898 g/mol. The predicted octanol–water partition coefficient (Wildman–Crippen LogP) is -6.03. The minimum absolute atomic E-state index is 0.0989. The fourth-order valence-electron chi connectivity index (χ4n) is 8.17. The van der Waals surface area contributed by atoms with Gasteiger partial charge >= 0.3 is 17.9 Å². The van der Waals surface area contributed by atoms with E-state index in [0.717, 1.165) is 20.8 Å². The van der Waals surface area contributed by atoms with Gasteiger partial charge in [0.1, 0.15) is 79.3 Å². The van der Waals surface area contributed by atoms with Crippen LogP contribution >= 0.6 is 0 Å². The molecule has 0 aromatic carbocycles. The lowest BCUT2D eigenvalue weighted by Gasteiger charge is -2.50. The highest BCUT2D eigenvalue weighted by molar-refractivity contribution is 5.74. The molecule has 66 heavy (non-hydrogen) atoms. The Kier molecular flexibility index (Phi) is 19.0. The average Bonchev–Trinajstić information content (AvgIpc) is 3.24. The third-order valence-electron chi connectivity index (χ3n) is 11.6. The summed E-state index contributed by atoms with van der Waals surface area (Å²) in [7, 11) is 0. The van der Waals surface area contributed by atoms with Crippen LogP contribution in [-0.4, -0.2) is 242 Å². The number of nitrogens with one attached hydrogen (secondary N) is 1. The molecule has 5 rings (SSSR count). The summed E-state index contributed by atoms with van der Waals surface area (Å²) in [5, 5.41) is 112. The number of esters is 2. The SMILES string of the molecule is CCCO[C@@H]1OC(C)[C@H](O)C(OC(C)=O)[C@@H]1O[C@@H]1OC(CO)[C@H](O)C(O[C@@H]2OC(C(=O)O)[C@H](O[C@@H]3O[C@@H](C)[C@H](O)C(O)C3O[C@@H]3O[C@@H](C)[C@H](O)C(OC(C)=O)C3O)C(O)[C@@H]2O)[C@@H]1NC(C)=O. The minimum Gasteiger partial charge on any atom is -0.479 e. The second kappa shape index (κ2) is 23.2. The Labute approximate surface area is 377 Å². The van der Waals surface area contributed by atoms with Gasteiger partial charge < -0.3 is 113 Å². The predicted molar refractivity (Wildman–Crippen MR) is 208 cm³/mol. The van der Waals surface area contributed by atoms with Gasteiger partial charge in [0.2, 0.25) is 5.91 Å². The summed E-state index contributed by atoms with van der Waals surface area (Å²) in [6.45, 7) is 8.24. The molecule has 0 bridgehead atoms. The van der Waals surface area contributed by atoms with Crippen LogP contribution in [0.3, 0.4) is 0 Å². The number of carbonyl (C=O) groups excluding carboxylic acids is 3. The Hall–Kier alpha value is -2.88. The first-order valence-electron chi connectivity index (χ1n) is 21.4. The lowest BCUT2D eigenvalue weighted by atomic mass is 9.94. The van der Waals surface area contributed by atoms with E-state index in [1.54, 1.807) is 6.92 Å². The fourth-order valence-corrected chi connectivity index (χ4v) is 8.17. The van der Waals surface area contributed by atoms with Crippen molar-refractivity contribution in [3.8, 4) is 0 Å². The molecule has 0 radical (unpaired) electrons. The number of ether oxygens (including phenoxy) is 12. The van der Waals surface area contributed by atoms with Gasteiger partial charge in [0.15, 0.2) is 55.9 Å². The molecule has 0 aliphatic carbocycles. The Bertz CT molecular complexity index is 1630. The van der Waals surface area contributed by atoms with Gasteiger partial charge in [0.25, 0.3) is 0 Å². The number of carboxylic acid groups (broad SMARTS) is 1. The number of hydrogen-bond donors (Lipinski definition) is 11. The van der Waals surface area contributed by atoms with Crippen molar-refractivity contribution in [2.45, 2.75) is 208 Å². The van der Waals surface area contributed by atoms with E-state index in [2.05, 4.69) is 5.32 Å². The summed E-state index contributed by atoms with van der Waals surface area (Å²) in [6.07, 6.45) is -41.4. The average molecular weight is 962 g/mol. The summed E-state index contributed by atoms with van der Waals surface area (Å²) < 4.78 is 68.7. The largest absolute Gasteiger partial charge is 0.479 e. The second-order valence-electron chi connectivity index (χ2n) is 16.7. The van der Waals surface area contributed by atoms with Crippen molar-refractivity contribution < 1.29 is 127 Å². The van der Waals surface area contributed by atoms with E-state index in [4.69, 9.17) is 56.8 Å². The maximum absolute atomic E-state index is 12.8. The zero-order chi connectivity index (χ0) is 49.1. The van der Waals surface area contributed by atoms with Gasteiger partial charge in [-0.05, 0) is 27.2 Å². The number of aliphatic hydroxyl groups excluding tert-OH is 9. The summed E-state index contributed by atoms with van der Waals surface area (Å²) in [5.41, 5.74) is 0. The first kappa shape index (κ1) is 54.1. The van der Waals surface area contributed by atoms with Crippen LogP contribution in [0.1, 0.15) is 54.9 Å². The van der Waals surface area contributed by atoms with Gasteiger partial charge in [-0.15, -0.1) is 0 Å². The van der Waals surface area contributed by atoms with Crippen molar-refractivity contribution in [3.05, 3.63) is 0 Å². The van der Waals surface area contributed by atoms with E-state index in [1.165, 1.54) is 20.8 Å². The molecule has 5 fully saturated rings. The Morgan fingerprint density at radius 1 is 0.515 bits per heavy atom. The van der Waals surface area contributed by atoms with Crippen molar-refractivity contribution in [1.82, 2.24) is 5.32 Å². The number of hydrogen-bond acceptors (Lipinski definition) is 25. The number of carbonyl (C=O) groups is 4. The van der Waals surface area contributed by atoms with E-state index in [0.29, 0.717) is 6.42 Å². The molecule has 27 heteroatoms. The summed E-state index contributed by atoms with van der Waals surface area (Å²) >= 11 is 0. The van der Waals surface area contributed by atoms with Crippen LogP contribution in [0.25, 0.3) is 0 Å². The van der Waals surface area contributed by atoms with Crippen LogP contribution in [0.2, 0.25) is 0 Å². The lowest BCUT2D eigenvalue weighted by molar-refractivity contribution is -0.389. The van der Waals surface area contributed by atoms with Crippen molar-refractivity contribution in [2.24, 2.45) is 0 Å². The van der Waals surface area contributed by atoms with Crippen LogP contribution in [0.15, 0.2) is 0 Å². The molecule has 5 aliphatic heterocycles. The third kappa shape index (κ3) is 12.1. The number of aliphatic hydroxyl groups is 9. The first-order chi connectivity index (χ1) is 31.0. The number of rotatable bonds is 16. The number of aliphatic carboxylic acids is 1. The van der Waals surface area contributed by atoms with Gasteiger partial charge in [-0.25, -0.2) is 4.79 Å². The van der Waals surface area contributed by atoms with Crippen LogP contribution in [0.5, 0.6) is 0 Å².